The van der Waals surface area contributed by atoms with Gasteiger partial charge in [0.15, 0.2) is 0 Å². The Bertz CT molecular complexity index is 211. The van der Waals surface area contributed by atoms with Crippen LogP contribution in [-0.4, -0.2) is 7.42 Å². The third-order valence-corrected chi connectivity index (χ3v) is 3.88. The molecule has 0 N–H and O–H groups in total. The van der Waals surface area contributed by atoms with Crippen molar-refractivity contribution in [2.24, 2.45) is 0 Å². The van der Waals surface area contributed by atoms with Crippen molar-refractivity contribution in [1.29, 1.82) is 0 Å². The Morgan fingerprint density at radius 1 is 1.08 bits per heavy atom. The SMILES string of the molecule is Cl[SiH](Cl)CCCc1ccccc1. The highest BCUT2D eigenvalue weighted by Gasteiger charge is 2.00. The summed E-state index contributed by atoms with van der Waals surface area (Å²) >= 11 is 11.5. The van der Waals surface area contributed by atoms with E-state index in [1.54, 1.807) is 0 Å². The van der Waals surface area contributed by atoms with Crippen LogP contribution in [0.4, 0.5) is 0 Å². The van der Waals surface area contributed by atoms with Gasteiger partial charge in [0.2, 0.25) is 7.42 Å². The normalized spacial score (nSPS) is 10.6. The standard InChI is InChI=1S/C9H12Cl2Si/c10-12(11)8-4-7-9-5-2-1-3-6-9/h1-3,5-6,12H,4,7-8H2. The Morgan fingerprint density at radius 2 is 1.75 bits per heavy atom. The highest BCUT2D eigenvalue weighted by Crippen LogP contribution is 2.10. The second-order valence-corrected chi connectivity index (χ2v) is 7.96. The number of benzene rings is 1. The lowest BCUT2D eigenvalue weighted by Crippen LogP contribution is -1.93. The Labute approximate surface area is 84.5 Å². The van der Waals surface area contributed by atoms with E-state index < -0.39 is 7.42 Å². The minimum absolute atomic E-state index is 1.01. The van der Waals surface area contributed by atoms with Gasteiger partial charge in [-0.2, -0.15) is 22.2 Å². The molecule has 1 aromatic carbocycles. The molecule has 0 aliphatic rings. The van der Waals surface area contributed by atoms with E-state index in [2.05, 4.69) is 24.3 Å². The largest absolute Gasteiger partial charge is 0.237 e. The van der Waals surface area contributed by atoms with Crippen LogP contribution in [0.25, 0.3) is 0 Å². The van der Waals surface area contributed by atoms with Crippen molar-refractivity contribution in [3.8, 4) is 0 Å². The van der Waals surface area contributed by atoms with Crippen molar-refractivity contribution in [3.05, 3.63) is 35.9 Å². The molecule has 0 saturated heterocycles. The molecule has 0 amide bonds. The Kier molecular flexibility index (Phi) is 4.74. The van der Waals surface area contributed by atoms with E-state index in [4.69, 9.17) is 22.2 Å². The van der Waals surface area contributed by atoms with E-state index in [9.17, 15) is 0 Å². The fourth-order valence-electron chi connectivity index (χ4n) is 1.11. The monoisotopic (exact) mass is 218 g/mol. The molecule has 1 rings (SSSR count). The molecular formula is C9H12Cl2Si. The Morgan fingerprint density at radius 3 is 2.33 bits per heavy atom. The van der Waals surface area contributed by atoms with Crippen LogP contribution in [-0.2, 0) is 6.42 Å². The van der Waals surface area contributed by atoms with E-state index in [1.165, 1.54) is 5.56 Å². The van der Waals surface area contributed by atoms with E-state index in [0.717, 1.165) is 18.9 Å². The third kappa shape index (κ3) is 4.15. The van der Waals surface area contributed by atoms with Gasteiger partial charge in [0.25, 0.3) is 0 Å². The predicted octanol–water partition coefficient (Wildman–Crippen LogP) is 3.32. The number of hydrogen-bond donors (Lipinski definition) is 0. The lowest BCUT2D eigenvalue weighted by atomic mass is 10.1. The predicted molar refractivity (Wildman–Crippen MR) is 58.4 cm³/mol. The number of hydrogen-bond acceptors (Lipinski definition) is 0. The molecule has 3 heteroatoms. The van der Waals surface area contributed by atoms with Crippen LogP contribution in [0.2, 0.25) is 6.04 Å². The summed E-state index contributed by atoms with van der Waals surface area (Å²) in [6.45, 7) is 0. The fraction of sp³-hybridized carbons (Fsp3) is 0.333. The molecule has 0 spiro atoms. The highest BCUT2D eigenvalue weighted by atomic mass is 35.7. The Balaban J connectivity index is 2.25. The summed E-state index contributed by atoms with van der Waals surface area (Å²) in [6.07, 6.45) is 2.22. The number of rotatable bonds is 4. The molecule has 66 valence electrons. The summed E-state index contributed by atoms with van der Waals surface area (Å²) in [6, 6.07) is 11.4. The molecule has 0 atom stereocenters. The van der Waals surface area contributed by atoms with Crippen molar-refractivity contribution in [2.75, 3.05) is 0 Å². The van der Waals surface area contributed by atoms with Crippen LogP contribution in [0.15, 0.2) is 30.3 Å². The minimum Gasteiger partial charge on any atom is -0.150 e. The summed E-state index contributed by atoms with van der Waals surface area (Å²) in [7, 11) is -1.37. The third-order valence-electron chi connectivity index (χ3n) is 1.73. The lowest BCUT2D eigenvalue weighted by molar-refractivity contribution is 0.916. The summed E-state index contributed by atoms with van der Waals surface area (Å²) in [5.41, 5.74) is 1.38. The van der Waals surface area contributed by atoms with Gasteiger partial charge < -0.3 is 0 Å². The zero-order chi connectivity index (χ0) is 8.81. The van der Waals surface area contributed by atoms with Crippen molar-refractivity contribution in [1.82, 2.24) is 0 Å². The summed E-state index contributed by atoms with van der Waals surface area (Å²) in [5, 5.41) is 0. The first-order chi connectivity index (χ1) is 5.79. The summed E-state index contributed by atoms with van der Waals surface area (Å²) in [5.74, 6) is 0. The van der Waals surface area contributed by atoms with Gasteiger partial charge >= 0.3 is 0 Å². The van der Waals surface area contributed by atoms with Crippen molar-refractivity contribution in [3.63, 3.8) is 0 Å². The maximum atomic E-state index is 5.75. The van der Waals surface area contributed by atoms with Gasteiger partial charge in [-0.05, 0) is 24.4 Å². The topological polar surface area (TPSA) is 0 Å². The quantitative estimate of drug-likeness (QED) is 0.538. The van der Waals surface area contributed by atoms with Crippen molar-refractivity contribution in [2.45, 2.75) is 18.9 Å². The maximum Gasteiger partial charge on any atom is 0.237 e. The average Bonchev–Trinajstić information content (AvgIpc) is 2.05. The van der Waals surface area contributed by atoms with Gasteiger partial charge in [0, 0.05) is 0 Å². The van der Waals surface area contributed by atoms with Crippen LogP contribution in [0, 0.1) is 0 Å². The van der Waals surface area contributed by atoms with Gasteiger partial charge in [-0.15, -0.1) is 0 Å². The molecule has 0 aromatic heterocycles. The summed E-state index contributed by atoms with van der Waals surface area (Å²) < 4.78 is 0. The van der Waals surface area contributed by atoms with Crippen LogP contribution in [0.3, 0.4) is 0 Å². The molecule has 0 bridgehead atoms. The number of aryl methyl sites for hydroxylation is 1. The smallest absolute Gasteiger partial charge is 0.150 e. The minimum atomic E-state index is -1.37. The molecule has 0 aliphatic carbocycles. The average molecular weight is 219 g/mol. The van der Waals surface area contributed by atoms with Gasteiger partial charge in [0.1, 0.15) is 0 Å². The first-order valence-electron chi connectivity index (χ1n) is 4.11. The van der Waals surface area contributed by atoms with E-state index in [1.807, 2.05) is 6.07 Å². The molecule has 0 fully saturated rings. The van der Waals surface area contributed by atoms with Crippen molar-refractivity contribution >= 4 is 29.6 Å². The number of halogens is 2. The van der Waals surface area contributed by atoms with E-state index in [-0.39, 0.29) is 0 Å². The second kappa shape index (κ2) is 5.63. The molecule has 0 saturated carbocycles. The Hall–Kier alpha value is 0.0169. The lowest BCUT2D eigenvalue weighted by Gasteiger charge is -2.00. The molecule has 0 radical (unpaired) electrons. The first kappa shape index (κ1) is 10.1. The maximum absolute atomic E-state index is 5.75. The van der Waals surface area contributed by atoms with Crippen LogP contribution >= 0.6 is 22.2 Å². The van der Waals surface area contributed by atoms with Gasteiger partial charge in [-0.1, -0.05) is 30.3 Å². The first-order valence-corrected chi connectivity index (χ1v) is 8.42. The summed E-state index contributed by atoms with van der Waals surface area (Å²) in [4.78, 5) is 0. The van der Waals surface area contributed by atoms with Crippen LogP contribution < -0.4 is 0 Å². The fourth-order valence-corrected chi connectivity index (χ4v) is 2.54. The molecule has 0 unspecified atom stereocenters. The van der Waals surface area contributed by atoms with Crippen LogP contribution in [0.5, 0.6) is 0 Å². The molecule has 0 nitrogen and oxygen atoms in total. The zero-order valence-corrected chi connectivity index (χ0v) is 9.51. The van der Waals surface area contributed by atoms with E-state index >= 15 is 0 Å². The van der Waals surface area contributed by atoms with Gasteiger partial charge in [0.05, 0.1) is 0 Å². The molecule has 0 aliphatic heterocycles. The van der Waals surface area contributed by atoms with Crippen LogP contribution in [0.1, 0.15) is 12.0 Å². The zero-order valence-electron chi connectivity index (χ0n) is 6.84. The second-order valence-electron chi connectivity index (χ2n) is 2.77. The highest BCUT2D eigenvalue weighted by molar-refractivity contribution is 7.33. The molecule has 1 aromatic rings. The molecular weight excluding hydrogens is 207 g/mol. The molecule has 0 heterocycles. The molecule has 12 heavy (non-hydrogen) atoms. The van der Waals surface area contributed by atoms with Gasteiger partial charge in [-0.3, -0.25) is 0 Å². The van der Waals surface area contributed by atoms with E-state index in [0.29, 0.717) is 0 Å². The van der Waals surface area contributed by atoms with Gasteiger partial charge in [-0.25, -0.2) is 0 Å². The van der Waals surface area contributed by atoms with Crippen molar-refractivity contribution < 1.29 is 0 Å².